The number of carboxylic acids is 1. The highest BCUT2D eigenvalue weighted by Crippen LogP contribution is 2.14. The van der Waals surface area contributed by atoms with Crippen molar-refractivity contribution in [3.63, 3.8) is 0 Å². The van der Waals surface area contributed by atoms with Crippen LogP contribution in [0.4, 0.5) is 14.5 Å². The van der Waals surface area contributed by atoms with Crippen molar-refractivity contribution in [1.29, 1.82) is 0 Å². The van der Waals surface area contributed by atoms with E-state index in [-0.39, 0.29) is 5.56 Å². The number of nitrogens with one attached hydrogen (secondary N) is 1. The van der Waals surface area contributed by atoms with Gasteiger partial charge in [-0.05, 0) is 29.8 Å². The van der Waals surface area contributed by atoms with E-state index < -0.39 is 17.6 Å². The zero-order valence-corrected chi connectivity index (χ0v) is 9.86. The number of aromatic carboxylic acids is 1. The van der Waals surface area contributed by atoms with Gasteiger partial charge in [0, 0.05) is 18.3 Å². The molecule has 0 atom stereocenters. The molecule has 0 aliphatic carbocycles. The summed E-state index contributed by atoms with van der Waals surface area (Å²) in [5.41, 5.74) is 1.36. The molecule has 0 saturated carbocycles. The third-order valence-corrected chi connectivity index (χ3v) is 2.59. The van der Waals surface area contributed by atoms with Crippen LogP contribution >= 0.6 is 0 Å². The molecule has 0 aliphatic rings. The van der Waals surface area contributed by atoms with Gasteiger partial charge in [0.25, 0.3) is 0 Å². The van der Waals surface area contributed by atoms with Crippen molar-refractivity contribution in [2.45, 2.75) is 6.54 Å². The fraction of sp³-hybridized carbons (Fsp3) is 0.0714. The van der Waals surface area contributed by atoms with Crippen LogP contribution in [0.3, 0.4) is 0 Å². The second kappa shape index (κ2) is 5.48. The number of rotatable bonds is 4. The molecule has 2 aromatic rings. The lowest BCUT2D eigenvalue weighted by atomic mass is 10.1. The van der Waals surface area contributed by atoms with E-state index >= 15 is 0 Å². The van der Waals surface area contributed by atoms with Gasteiger partial charge in [-0.3, -0.25) is 0 Å². The summed E-state index contributed by atoms with van der Waals surface area (Å²) in [6.07, 6.45) is 0. The van der Waals surface area contributed by atoms with E-state index in [1.54, 1.807) is 12.1 Å². The van der Waals surface area contributed by atoms with Gasteiger partial charge < -0.3 is 10.4 Å². The zero-order chi connectivity index (χ0) is 13.8. The van der Waals surface area contributed by atoms with Crippen LogP contribution in [-0.2, 0) is 6.54 Å². The van der Waals surface area contributed by atoms with Gasteiger partial charge in [-0.15, -0.1) is 0 Å². The highest BCUT2D eigenvalue weighted by molar-refractivity contribution is 5.87. The molecule has 0 aromatic heterocycles. The van der Waals surface area contributed by atoms with Crippen molar-refractivity contribution >= 4 is 11.7 Å². The molecule has 19 heavy (non-hydrogen) atoms. The molecule has 98 valence electrons. The number of carboxylic acid groups (broad SMARTS) is 1. The molecule has 0 bridgehead atoms. The van der Waals surface area contributed by atoms with E-state index in [1.165, 1.54) is 18.2 Å². The van der Waals surface area contributed by atoms with Crippen LogP contribution in [0.2, 0.25) is 0 Å². The summed E-state index contributed by atoms with van der Waals surface area (Å²) in [5.74, 6) is -2.84. The van der Waals surface area contributed by atoms with E-state index in [4.69, 9.17) is 5.11 Å². The van der Waals surface area contributed by atoms with Gasteiger partial charge in [0.2, 0.25) is 0 Å². The molecular weight excluding hydrogens is 252 g/mol. The predicted octanol–water partition coefficient (Wildman–Crippen LogP) is 3.28. The Balaban J connectivity index is 2.07. The highest BCUT2D eigenvalue weighted by atomic mass is 19.2. The lowest BCUT2D eigenvalue weighted by Crippen LogP contribution is -2.02. The Bertz CT molecular complexity index is 614. The predicted molar refractivity (Wildman–Crippen MR) is 67.1 cm³/mol. The normalized spacial score (nSPS) is 10.2. The molecule has 2 N–H and O–H groups in total. The van der Waals surface area contributed by atoms with Crippen LogP contribution in [0.25, 0.3) is 0 Å². The molecule has 0 aliphatic heterocycles. The number of anilines is 1. The SMILES string of the molecule is O=C(O)c1cccc(CNc2ccc(F)c(F)c2)c1. The Morgan fingerprint density at radius 1 is 1.11 bits per heavy atom. The van der Waals surface area contributed by atoms with Gasteiger partial charge in [0.1, 0.15) is 0 Å². The maximum Gasteiger partial charge on any atom is 0.335 e. The quantitative estimate of drug-likeness (QED) is 0.890. The van der Waals surface area contributed by atoms with E-state index in [0.29, 0.717) is 12.2 Å². The maximum absolute atomic E-state index is 13.0. The average molecular weight is 263 g/mol. The minimum absolute atomic E-state index is 0.185. The molecule has 0 amide bonds. The molecule has 5 heteroatoms. The van der Waals surface area contributed by atoms with Gasteiger partial charge in [-0.2, -0.15) is 0 Å². The Morgan fingerprint density at radius 2 is 1.89 bits per heavy atom. The molecule has 0 fully saturated rings. The van der Waals surface area contributed by atoms with Crippen LogP contribution in [0.1, 0.15) is 15.9 Å². The fourth-order valence-electron chi connectivity index (χ4n) is 1.62. The Hall–Kier alpha value is -2.43. The Labute approximate surface area is 108 Å². The van der Waals surface area contributed by atoms with E-state index in [2.05, 4.69) is 5.32 Å². The molecule has 2 rings (SSSR count). The van der Waals surface area contributed by atoms with Crippen LogP contribution in [0.5, 0.6) is 0 Å². The van der Waals surface area contributed by atoms with Crippen molar-refractivity contribution in [2.24, 2.45) is 0 Å². The Morgan fingerprint density at radius 3 is 2.58 bits per heavy atom. The standard InChI is InChI=1S/C14H11F2NO2/c15-12-5-4-11(7-13(12)16)17-8-9-2-1-3-10(6-9)14(18)19/h1-7,17H,8H2,(H,18,19). The number of benzene rings is 2. The largest absolute Gasteiger partial charge is 0.478 e. The number of halogens is 2. The first kappa shape index (κ1) is 13.0. The lowest BCUT2D eigenvalue weighted by molar-refractivity contribution is 0.0697. The van der Waals surface area contributed by atoms with E-state index in [9.17, 15) is 13.6 Å². The molecular formula is C14H11F2NO2. The molecule has 0 spiro atoms. The van der Waals surface area contributed by atoms with Crippen LogP contribution in [0.15, 0.2) is 42.5 Å². The minimum Gasteiger partial charge on any atom is -0.478 e. The first-order valence-electron chi connectivity index (χ1n) is 5.57. The van der Waals surface area contributed by atoms with Crippen molar-refractivity contribution < 1.29 is 18.7 Å². The minimum atomic E-state index is -1.00. The highest BCUT2D eigenvalue weighted by Gasteiger charge is 2.04. The third kappa shape index (κ3) is 3.28. The monoisotopic (exact) mass is 263 g/mol. The maximum atomic E-state index is 13.0. The van der Waals surface area contributed by atoms with Gasteiger partial charge in [0.15, 0.2) is 11.6 Å². The van der Waals surface area contributed by atoms with E-state index in [1.807, 2.05) is 0 Å². The van der Waals surface area contributed by atoms with Gasteiger partial charge in [-0.1, -0.05) is 12.1 Å². The van der Waals surface area contributed by atoms with Gasteiger partial charge in [0.05, 0.1) is 5.56 Å². The van der Waals surface area contributed by atoms with Crippen molar-refractivity contribution in [2.75, 3.05) is 5.32 Å². The molecule has 0 radical (unpaired) electrons. The summed E-state index contributed by atoms with van der Waals surface area (Å²) in [5, 5.41) is 11.7. The molecule has 0 unspecified atom stereocenters. The van der Waals surface area contributed by atoms with Gasteiger partial charge in [-0.25, -0.2) is 13.6 Å². The second-order valence-electron chi connectivity index (χ2n) is 3.99. The topological polar surface area (TPSA) is 49.3 Å². The first-order valence-corrected chi connectivity index (χ1v) is 5.57. The smallest absolute Gasteiger partial charge is 0.335 e. The first-order chi connectivity index (χ1) is 9.06. The van der Waals surface area contributed by atoms with Crippen LogP contribution in [-0.4, -0.2) is 11.1 Å². The summed E-state index contributed by atoms with van der Waals surface area (Å²) in [4.78, 5) is 10.8. The molecule has 3 nitrogen and oxygen atoms in total. The second-order valence-corrected chi connectivity index (χ2v) is 3.99. The number of hydrogen-bond donors (Lipinski definition) is 2. The summed E-state index contributed by atoms with van der Waals surface area (Å²) in [6.45, 7) is 0.326. The van der Waals surface area contributed by atoms with Crippen molar-refractivity contribution in [3.8, 4) is 0 Å². The van der Waals surface area contributed by atoms with Crippen molar-refractivity contribution in [3.05, 3.63) is 65.2 Å². The zero-order valence-electron chi connectivity index (χ0n) is 9.86. The summed E-state index contributed by atoms with van der Waals surface area (Å²) in [6, 6.07) is 9.89. The average Bonchev–Trinajstić information content (AvgIpc) is 2.40. The number of carbonyl (C=O) groups is 1. The van der Waals surface area contributed by atoms with Crippen molar-refractivity contribution in [1.82, 2.24) is 0 Å². The lowest BCUT2D eigenvalue weighted by Gasteiger charge is -2.07. The third-order valence-electron chi connectivity index (χ3n) is 2.59. The number of hydrogen-bond acceptors (Lipinski definition) is 2. The van der Waals surface area contributed by atoms with E-state index in [0.717, 1.165) is 17.7 Å². The summed E-state index contributed by atoms with van der Waals surface area (Å²) >= 11 is 0. The fourth-order valence-corrected chi connectivity index (χ4v) is 1.62. The summed E-state index contributed by atoms with van der Waals surface area (Å²) < 4.78 is 25.7. The molecule has 0 saturated heterocycles. The van der Waals surface area contributed by atoms with Gasteiger partial charge >= 0.3 is 5.97 Å². The Kier molecular flexibility index (Phi) is 3.75. The van der Waals surface area contributed by atoms with Crippen LogP contribution < -0.4 is 5.32 Å². The van der Waals surface area contributed by atoms with Crippen LogP contribution in [0, 0.1) is 11.6 Å². The summed E-state index contributed by atoms with van der Waals surface area (Å²) in [7, 11) is 0. The molecule has 0 heterocycles. The molecule has 2 aromatic carbocycles.